The Balaban J connectivity index is 1.86. The average Bonchev–Trinajstić information content (AvgIpc) is 2.97. The predicted octanol–water partition coefficient (Wildman–Crippen LogP) is 5.90. The molecule has 0 unspecified atom stereocenters. The van der Waals surface area contributed by atoms with Crippen LogP contribution in [0.25, 0.3) is 27.5 Å². The lowest BCUT2D eigenvalue weighted by molar-refractivity contribution is 1.18. The number of fused-ring (bicyclic) bond motifs is 3. The molecule has 0 saturated carbocycles. The number of nitrogens with zero attached hydrogens (tertiary/aromatic N) is 1. The number of benzene rings is 3. The molecule has 4 rings (SSSR count). The third-order valence-electron chi connectivity index (χ3n) is 4.19. The highest BCUT2D eigenvalue weighted by Gasteiger charge is 2.10. The fraction of sp³-hybridized carbons (Fsp3) is 0. The Labute approximate surface area is 141 Å². The van der Waals surface area contributed by atoms with Gasteiger partial charge in [-0.1, -0.05) is 49.1 Å². The van der Waals surface area contributed by atoms with E-state index in [9.17, 15) is 0 Å². The second kappa shape index (κ2) is 6.09. The molecule has 0 fully saturated rings. The van der Waals surface area contributed by atoms with Crippen LogP contribution in [0.4, 0.5) is 5.69 Å². The van der Waals surface area contributed by atoms with Crippen molar-refractivity contribution in [3.63, 3.8) is 0 Å². The number of hydrogen-bond donors (Lipinski definition) is 1. The quantitative estimate of drug-likeness (QED) is 0.465. The third kappa shape index (κ3) is 2.38. The van der Waals surface area contributed by atoms with Crippen molar-refractivity contribution in [2.45, 2.75) is 0 Å². The van der Waals surface area contributed by atoms with Crippen LogP contribution < -0.4 is 5.32 Å². The van der Waals surface area contributed by atoms with Gasteiger partial charge in [0, 0.05) is 28.3 Å². The molecule has 0 amide bonds. The number of aromatic nitrogens is 1. The maximum atomic E-state index is 3.67. The fourth-order valence-electron chi connectivity index (χ4n) is 3.12. The van der Waals surface area contributed by atoms with Crippen molar-refractivity contribution in [2.75, 3.05) is 5.32 Å². The van der Waals surface area contributed by atoms with Crippen molar-refractivity contribution in [1.29, 1.82) is 0 Å². The summed E-state index contributed by atoms with van der Waals surface area (Å²) < 4.78 is 2.31. The van der Waals surface area contributed by atoms with Gasteiger partial charge in [-0.25, -0.2) is 0 Å². The predicted molar refractivity (Wildman–Crippen MR) is 104 cm³/mol. The average molecular weight is 310 g/mol. The number of para-hydroxylation sites is 2. The summed E-state index contributed by atoms with van der Waals surface area (Å²) >= 11 is 0. The Morgan fingerprint density at radius 2 is 1.33 bits per heavy atom. The summed E-state index contributed by atoms with van der Waals surface area (Å²) in [6, 6.07) is 25.6. The molecule has 0 bridgehead atoms. The Kier molecular flexibility index (Phi) is 3.64. The molecule has 0 aliphatic carbocycles. The van der Waals surface area contributed by atoms with Gasteiger partial charge in [-0.15, -0.1) is 0 Å². The summed E-state index contributed by atoms with van der Waals surface area (Å²) in [4.78, 5) is 0. The highest BCUT2D eigenvalue weighted by atomic mass is 15.0. The molecule has 2 heteroatoms. The normalized spacial score (nSPS) is 11.3. The summed E-state index contributed by atoms with van der Waals surface area (Å²) in [7, 11) is 0. The second-order valence-corrected chi connectivity index (χ2v) is 5.66. The lowest BCUT2D eigenvalue weighted by atomic mass is 10.2. The molecular weight excluding hydrogens is 292 g/mol. The summed E-state index contributed by atoms with van der Waals surface area (Å²) in [5, 5.41) is 5.79. The van der Waals surface area contributed by atoms with Gasteiger partial charge < -0.3 is 9.88 Å². The molecule has 0 aliphatic rings. The minimum atomic E-state index is 1.05. The van der Waals surface area contributed by atoms with Crippen LogP contribution in [0.3, 0.4) is 0 Å². The summed E-state index contributed by atoms with van der Waals surface area (Å²) in [5.41, 5.74) is 4.67. The number of anilines is 1. The fourth-order valence-corrected chi connectivity index (χ4v) is 3.12. The highest BCUT2D eigenvalue weighted by Crippen LogP contribution is 2.31. The SMILES string of the molecule is C=C/C=C/Nc1ccc(-n2c3ccccc3c3ccccc32)cc1. The molecule has 0 atom stereocenters. The van der Waals surface area contributed by atoms with Crippen LogP contribution in [0.5, 0.6) is 0 Å². The zero-order valence-corrected chi connectivity index (χ0v) is 13.3. The summed E-state index contributed by atoms with van der Waals surface area (Å²) in [6.07, 6.45) is 5.50. The Morgan fingerprint density at radius 1 is 0.750 bits per heavy atom. The number of nitrogens with one attached hydrogen (secondary N) is 1. The number of rotatable bonds is 4. The molecule has 3 aromatic carbocycles. The van der Waals surface area contributed by atoms with E-state index in [0.717, 1.165) is 11.4 Å². The van der Waals surface area contributed by atoms with Gasteiger partial charge in [0.25, 0.3) is 0 Å². The van der Waals surface area contributed by atoms with E-state index in [4.69, 9.17) is 0 Å². The van der Waals surface area contributed by atoms with Crippen LogP contribution in [0.1, 0.15) is 0 Å². The van der Waals surface area contributed by atoms with Crippen molar-refractivity contribution >= 4 is 27.5 Å². The molecule has 2 nitrogen and oxygen atoms in total. The Hall–Kier alpha value is -3.26. The number of allylic oxidation sites excluding steroid dienone is 2. The zero-order chi connectivity index (χ0) is 16.4. The van der Waals surface area contributed by atoms with E-state index >= 15 is 0 Å². The van der Waals surface area contributed by atoms with E-state index in [1.165, 1.54) is 21.8 Å². The largest absolute Gasteiger partial charge is 0.362 e. The monoisotopic (exact) mass is 310 g/mol. The van der Waals surface area contributed by atoms with E-state index in [1.807, 2.05) is 12.3 Å². The van der Waals surface area contributed by atoms with Gasteiger partial charge in [-0.05, 0) is 42.5 Å². The van der Waals surface area contributed by atoms with E-state index in [-0.39, 0.29) is 0 Å². The van der Waals surface area contributed by atoms with Gasteiger partial charge in [-0.3, -0.25) is 0 Å². The molecule has 0 spiro atoms. The molecule has 116 valence electrons. The minimum absolute atomic E-state index is 1.05. The van der Waals surface area contributed by atoms with Gasteiger partial charge in [0.1, 0.15) is 0 Å². The van der Waals surface area contributed by atoms with Crippen molar-refractivity contribution in [1.82, 2.24) is 4.57 Å². The van der Waals surface area contributed by atoms with Crippen molar-refractivity contribution in [2.24, 2.45) is 0 Å². The van der Waals surface area contributed by atoms with Crippen molar-refractivity contribution < 1.29 is 0 Å². The van der Waals surface area contributed by atoms with Crippen LogP contribution >= 0.6 is 0 Å². The molecule has 4 aromatic rings. The van der Waals surface area contributed by atoms with Crippen LogP contribution in [0.15, 0.2) is 97.7 Å². The first-order valence-corrected chi connectivity index (χ1v) is 8.01. The molecule has 0 saturated heterocycles. The van der Waals surface area contributed by atoms with E-state index < -0.39 is 0 Å². The second-order valence-electron chi connectivity index (χ2n) is 5.66. The molecule has 0 radical (unpaired) electrons. The van der Waals surface area contributed by atoms with Gasteiger partial charge >= 0.3 is 0 Å². The maximum absolute atomic E-state index is 3.67. The lowest BCUT2D eigenvalue weighted by Crippen LogP contribution is -1.94. The van der Waals surface area contributed by atoms with E-state index in [2.05, 4.69) is 89.3 Å². The first-order chi connectivity index (χ1) is 11.9. The van der Waals surface area contributed by atoms with Crippen LogP contribution in [-0.2, 0) is 0 Å². The zero-order valence-electron chi connectivity index (χ0n) is 13.3. The minimum Gasteiger partial charge on any atom is -0.362 e. The third-order valence-corrected chi connectivity index (χ3v) is 4.19. The molecule has 1 N–H and O–H groups in total. The van der Waals surface area contributed by atoms with Crippen molar-refractivity contribution in [3.8, 4) is 5.69 Å². The van der Waals surface area contributed by atoms with Crippen LogP contribution in [-0.4, -0.2) is 4.57 Å². The van der Waals surface area contributed by atoms with Gasteiger partial charge in [0.15, 0.2) is 0 Å². The summed E-state index contributed by atoms with van der Waals surface area (Å²) in [5.74, 6) is 0. The van der Waals surface area contributed by atoms with Crippen LogP contribution in [0.2, 0.25) is 0 Å². The Morgan fingerprint density at radius 3 is 1.92 bits per heavy atom. The molecular formula is C22H18N2. The first-order valence-electron chi connectivity index (χ1n) is 8.01. The molecule has 1 aromatic heterocycles. The van der Waals surface area contributed by atoms with E-state index in [0.29, 0.717) is 0 Å². The lowest BCUT2D eigenvalue weighted by Gasteiger charge is -2.09. The molecule has 24 heavy (non-hydrogen) atoms. The van der Waals surface area contributed by atoms with Crippen molar-refractivity contribution in [3.05, 3.63) is 97.7 Å². The van der Waals surface area contributed by atoms with Crippen LogP contribution in [0, 0.1) is 0 Å². The maximum Gasteiger partial charge on any atom is 0.0541 e. The topological polar surface area (TPSA) is 17.0 Å². The Bertz CT molecular complexity index is 983. The first kappa shape index (κ1) is 14.3. The standard InChI is InChI=1S/C22H18N2/c1-2-3-16-23-17-12-14-18(15-13-17)24-21-10-6-4-8-19(21)20-9-5-7-11-22(20)24/h2-16,23H,1H2/b16-3+. The highest BCUT2D eigenvalue weighted by molar-refractivity contribution is 6.09. The molecule has 1 heterocycles. The number of hydrogen-bond acceptors (Lipinski definition) is 1. The van der Waals surface area contributed by atoms with Gasteiger partial charge in [-0.2, -0.15) is 0 Å². The van der Waals surface area contributed by atoms with E-state index in [1.54, 1.807) is 6.08 Å². The summed E-state index contributed by atoms with van der Waals surface area (Å²) in [6.45, 7) is 3.67. The smallest absolute Gasteiger partial charge is 0.0541 e. The van der Waals surface area contributed by atoms with Gasteiger partial charge in [0.05, 0.1) is 11.0 Å². The molecule has 0 aliphatic heterocycles. The van der Waals surface area contributed by atoms with Gasteiger partial charge in [0.2, 0.25) is 0 Å².